The molecular formula is C17H25ClN2O4. The Morgan fingerprint density at radius 2 is 2.25 bits per heavy atom. The summed E-state index contributed by atoms with van der Waals surface area (Å²) in [6.07, 6.45) is -0.335. The lowest BCUT2D eigenvalue weighted by molar-refractivity contribution is -0.0317. The van der Waals surface area contributed by atoms with Crippen LogP contribution in [-0.2, 0) is 16.0 Å². The van der Waals surface area contributed by atoms with Crippen molar-refractivity contribution in [2.75, 3.05) is 26.3 Å². The topological polar surface area (TPSA) is 71.0 Å². The van der Waals surface area contributed by atoms with Crippen LogP contribution in [0.3, 0.4) is 0 Å². The molecule has 0 saturated carbocycles. The van der Waals surface area contributed by atoms with Crippen LogP contribution >= 0.6 is 11.6 Å². The number of amides is 1. The van der Waals surface area contributed by atoms with Crippen LogP contribution in [0.15, 0.2) is 18.2 Å². The molecule has 1 unspecified atom stereocenters. The van der Waals surface area contributed by atoms with Crippen LogP contribution in [0.1, 0.15) is 26.3 Å². The third-order valence-corrected chi connectivity index (χ3v) is 3.99. The molecule has 2 rings (SSSR count). The van der Waals surface area contributed by atoms with Gasteiger partial charge in [-0.25, -0.2) is 4.79 Å². The minimum atomic E-state index is -0.531. The Balaban J connectivity index is 1.93. The number of halogens is 1. The van der Waals surface area contributed by atoms with Gasteiger partial charge in [0.15, 0.2) is 0 Å². The van der Waals surface area contributed by atoms with Crippen molar-refractivity contribution in [2.45, 2.75) is 39.0 Å². The van der Waals surface area contributed by atoms with Gasteiger partial charge in [-0.3, -0.25) is 4.90 Å². The second-order valence-corrected chi connectivity index (χ2v) is 7.18. The molecule has 1 aliphatic heterocycles. The van der Waals surface area contributed by atoms with Crippen molar-refractivity contribution >= 4 is 17.7 Å². The normalized spacial score (nSPS) is 18.5. The number of carbonyl (C=O) groups is 1. The molecule has 1 heterocycles. The largest absolute Gasteiger partial charge is 0.508 e. The zero-order chi connectivity index (χ0) is 17.7. The van der Waals surface area contributed by atoms with E-state index in [9.17, 15) is 9.90 Å². The second-order valence-electron chi connectivity index (χ2n) is 6.77. The number of ether oxygens (including phenoxy) is 2. The molecule has 0 aromatic heterocycles. The number of carbonyl (C=O) groups excluding carboxylic acids is 1. The van der Waals surface area contributed by atoms with E-state index in [-0.39, 0.29) is 17.9 Å². The summed E-state index contributed by atoms with van der Waals surface area (Å²) in [6.45, 7) is 7.91. The monoisotopic (exact) mass is 356 g/mol. The Morgan fingerprint density at radius 1 is 1.50 bits per heavy atom. The average molecular weight is 357 g/mol. The van der Waals surface area contributed by atoms with Gasteiger partial charge in [0, 0.05) is 30.2 Å². The number of benzene rings is 1. The minimum Gasteiger partial charge on any atom is -0.508 e. The van der Waals surface area contributed by atoms with Crippen molar-refractivity contribution < 1.29 is 19.4 Å². The standard InChI is InChI=1S/C17H25ClN2O4/c1-17(2,3)24-16(22)20-7-8-23-11-12(20)9-19-10-13-14(18)5-4-6-15(13)21/h4-6,12,19,21H,7-11H2,1-3H3. The summed E-state index contributed by atoms with van der Waals surface area (Å²) in [5.41, 5.74) is 0.108. The molecular weight excluding hydrogens is 332 g/mol. The zero-order valence-corrected chi connectivity index (χ0v) is 15.1. The van der Waals surface area contributed by atoms with Crippen LogP contribution in [0.2, 0.25) is 5.02 Å². The molecule has 6 nitrogen and oxygen atoms in total. The van der Waals surface area contributed by atoms with Crippen molar-refractivity contribution in [2.24, 2.45) is 0 Å². The van der Waals surface area contributed by atoms with E-state index in [1.807, 2.05) is 20.8 Å². The number of morpholine rings is 1. The van der Waals surface area contributed by atoms with Crippen LogP contribution in [0.25, 0.3) is 0 Å². The molecule has 1 saturated heterocycles. The van der Waals surface area contributed by atoms with E-state index < -0.39 is 5.60 Å². The third kappa shape index (κ3) is 5.26. The van der Waals surface area contributed by atoms with Gasteiger partial charge in [-0.15, -0.1) is 0 Å². The van der Waals surface area contributed by atoms with E-state index in [0.717, 1.165) is 0 Å². The fraction of sp³-hybridized carbons (Fsp3) is 0.588. The van der Waals surface area contributed by atoms with Gasteiger partial charge in [0.25, 0.3) is 0 Å². The molecule has 1 atom stereocenters. The Hall–Kier alpha value is -1.50. The van der Waals surface area contributed by atoms with E-state index in [1.54, 1.807) is 23.1 Å². The van der Waals surface area contributed by atoms with Crippen molar-refractivity contribution in [1.82, 2.24) is 10.2 Å². The highest BCUT2D eigenvalue weighted by molar-refractivity contribution is 6.31. The second kappa shape index (κ2) is 8.05. The van der Waals surface area contributed by atoms with E-state index in [0.29, 0.717) is 43.4 Å². The summed E-state index contributed by atoms with van der Waals surface area (Å²) in [5.74, 6) is 0.152. The molecule has 1 fully saturated rings. The fourth-order valence-corrected chi connectivity index (χ4v) is 2.71. The zero-order valence-electron chi connectivity index (χ0n) is 14.3. The molecule has 0 radical (unpaired) electrons. The van der Waals surface area contributed by atoms with Crippen molar-refractivity contribution in [3.05, 3.63) is 28.8 Å². The fourth-order valence-electron chi connectivity index (χ4n) is 2.47. The quantitative estimate of drug-likeness (QED) is 0.868. The molecule has 1 aromatic rings. The predicted molar refractivity (Wildman–Crippen MR) is 92.4 cm³/mol. The lowest BCUT2D eigenvalue weighted by atomic mass is 10.2. The smallest absolute Gasteiger partial charge is 0.410 e. The molecule has 24 heavy (non-hydrogen) atoms. The number of rotatable bonds is 4. The van der Waals surface area contributed by atoms with Gasteiger partial charge in [0.2, 0.25) is 0 Å². The average Bonchev–Trinajstić information content (AvgIpc) is 2.49. The van der Waals surface area contributed by atoms with Gasteiger partial charge in [-0.2, -0.15) is 0 Å². The molecule has 0 spiro atoms. The maximum absolute atomic E-state index is 12.3. The first-order chi connectivity index (χ1) is 11.3. The van der Waals surface area contributed by atoms with Gasteiger partial charge in [0.1, 0.15) is 11.4 Å². The molecule has 2 N–H and O–H groups in total. The highest BCUT2D eigenvalue weighted by atomic mass is 35.5. The molecule has 0 bridgehead atoms. The first-order valence-electron chi connectivity index (χ1n) is 8.02. The number of hydrogen-bond acceptors (Lipinski definition) is 5. The summed E-state index contributed by atoms with van der Waals surface area (Å²) in [6, 6.07) is 4.90. The number of phenolic OH excluding ortho intramolecular Hbond substituents is 1. The van der Waals surface area contributed by atoms with Gasteiger partial charge in [0.05, 0.1) is 19.3 Å². The molecule has 1 amide bonds. The van der Waals surface area contributed by atoms with Crippen molar-refractivity contribution in [3.8, 4) is 5.75 Å². The first kappa shape index (κ1) is 18.8. The SMILES string of the molecule is CC(C)(C)OC(=O)N1CCOCC1CNCc1c(O)cccc1Cl. The molecule has 0 aliphatic carbocycles. The van der Waals surface area contributed by atoms with Gasteiger partial charge in [-0.1, -0.05) is 17.7 Å². The maximum atomic E-state index is 12.3. The van der Waals surface area contributed by atoms with E-state index in [2.05, 4.69) is 5.32 Å². The van der Waals surface area contributed by atoms with E-state index >= 15 is 0 Å². The van der Waals surface area contributed by atoms with Gasteiger partial charge < -0.3 is 19.9 Å². The number of aromatic hydroxyl groups is 1. The summed E-state index contributed by atoms with van der Waals surface area (Å²) >= 11 is 6.09. The number of phenols is 1. The number of nitrogens with zero attached hydrogens (tertiary/aromatic N) is 1. The van der Waals surface area contributed by atoms with E-state index in [1.165, 1.54) is 0 Å². The Labute approximate surface area is 147 Å². The van der Waals surface area contributed by atoms with Crippen molar-refractivity contribution in [1.29, 1.82) is 0 Å². The Bertz CT molecular complexity index is 554. The molecule has 134 valence electrons. The lowest BCUT2D eigenvalue weighted by Gasteiger charge is -2.36. The van der Waals surface area contributed by atoms with Gasteiger partial charge >= 0.3 is 6.09 Å². The van der Waals surface area contributed by atoms with Crippen LogP contribution in [0.5, 0.6) is 5.75 Å². The minimum absolute atomic E-state index is 0.127. The van der Waals surface area contributed by atoms with Gasteiger partial charge in [-0.05, 0) is 32.9 Å². The molecule has 1 aliphatic rings. The van der Waals surface area contributed by atoms with E-state index in [4.69, 9.17) is 21.1 Å². The Kier molecular flexibility index (Phi) is 6.32. The van der Waals surface area contributed by atoms with Crippen LogP contribution in [0, 0.1) is 0 Å². The van der Waals surface area contributed by atoms with Crippen molar-refractivity contribution in [3.63, 3.8) is 0 Å². The first-order valence-corrected chi connectivity index (χ1v) is 8.40. The highest BCUT2D eigenvalue weighted by Crippen LogP contribution is 2.24. The van der Waals surface area contributed by atoms with Crippen LogP contribution < -0.4 is 5.32 Å². The predicted octanol–water partition coefficient (Wildman–Crippen LogP) is 2.77. The number of nitrogens with one attached hydrogen (secondary N) is 1. The van der Waals surface area contributed by atoms with Crippen LogP contribution in [-0.4, -0.2) is 54.0 Å². The summed E-state index contributed by atoms with van der Waals surface area (Å²) in [5, 5.41) is 13.6. The summed E-state index contributed by atoms with van der Waals surface area (Å²) in [4.78, 5) is 14.0. The number of hydrogen-bond donors (Lipinski definition) is 2. The van der Waals surface area contributed by atoms with Crippen LogP contribution in [0.4, 0.5) is 4.79 Å². The molecule has 7 heteroatoms. The highest BCUT2D eigenvalue weighted by Gasteiger charge is 2.30. The third-order valence-electron chi connectivity index (χ3n) is 3.63. The maximum Gasteiger partial charge on any atom is 0.410 e. The summed E-state index contributed by atoms with van der Waals surface area (Å²) in [7, 11) is 0. The Morgan fingerprint density at radius 3 is 2.92 bits per heavy atom. The lowest BCUT2D eigenvalue weighted by Crippen LogP contribution is -2.54. The summed E-state index contributed by atoms with van der Waals surface area (Å²) < 4.78 is 10.9. The molecule has 1 aromatic carbocycles.